The number of fused-ring (bicyclic) bond motifs is 1. The number of nitrogens with zero attached hydrogens (tertiary/aromatic N) is 3. The van der Waals surface area contributed by atoms with Crippen molar-refractivity contribution in [3.05, 3.63) is 34.5 Å². The minimum Gasteiger partial charge on any atom is -0.497 e. The van der Waals surface area contributed by atoms with Crippen LogP contribution in [0.3, 0.4) is 0 Å². The molecule has 1 saturated heterocycles. The van der Waals surface area contributed by atoms with Gasteiger partial charge in [0.2, 0.25) is 10.8 Å². The third kappa shape index (κ3) is 3.31. The Morgan fingerprint density at radius 1 is 1.32 bits per heavy atom. The highest BCUT2D eigenvalue weighted by molar-refractivity contribution is 7.17. The Balaban J connectivity index is 1.89. The molecule has 3 atom stereocenters. The summed E-state index contributed by atoms with van der Waals surface area (Å²) < 4.78 is 12.7. The summed E-state index contributed by atoms with van der Waals surface area (Å²) in [6.07, 6.45) is 2.41. The van der Waals surface area contributed by atoms with Crippen LogP contribution in [-0.4, -0.2) is 47.0 Å². The van der Waals surface area contributed by atoms with Crippen molar-refractivity contribution in [3.8, 4) is 17.4 Å². The molecule has 0 spiro atoms. The number of thiazole rings is 1. The molecular weight excluding hydrogens is 376 g/mol. The molecule has 0 saturated carbocycles. The molecule has 1 fully saturated rings. The highest BCUT2D eigenvalue weighted by Gasteiger charge is 2.37. The molecule has 7 nitrogen and oxygen atoms in total. The molecule has 0 amide bonds. The topological polar surface area (TPSA) is 73.3 Å². The standard InChI is InChI=1S/C20H26N4O3S/c1-12-6-5-9-23(11-12)17(15-10-14(26-3)7-8-16(15)27-4)18-19(25)24-20(28-18)21-13(2)22-24/h7-8,10,12,17,25H,5-6,9,11H2,1-4H3/p+1/t12-,17+/m0/s1. The third-order valence-corrected chi connectivity index (χ3v) is 6.61. The molecule has 3 heterocycles. The van der Waals surface area contributed by atoms with Gasteiger partial charge in [-0.15, -0.1) is 5.10 Å². The Hall–Kier alpha value is -2.32. The van der Waals surface area contributed by atoms with Crippen LogP contribution in [0.1, 0.15) is 42.1 Å². The van der Waals surface area contributed by atoms with E-state index in [2.05, 4.69) is 17.0 Å². The summed E-state index contributed by atoms with van der Waals surface area (Å²) in [7, 11) is 3.35. The number of hydrogen-bond donors (Lipinski definition) is 2. The van der Waals surface area contributed by atoms with Gasteiger partial charge >= 0.3 is 0 Å². The van der Waals surface area contributed by atoms with Crippen molar-refractivity contribution < 1.29 is 19.5 Å². The summed E-state index contributed by atoms with van der Waals surface area (Å²) in [5, 5.41) is 15.4. The van der Waals surface area contributed by atoms with E-state index in [9.17, 15) is 5.11 Å². The van der Waals surface area contributed by atoms with Crippen molar-refractivity contribution in [1.29, 1.82) is 0 Å². The Kier molecular flexibility index (Phi) is 5.16. The fraction of sp³-hybridized carbons (Fsp3) is 0.500. The molecule has 0 bridgehead atoms. The summed E-state index contributed by atoms with van der Waals surface area (Å²) >= 11 is 1.50. The number of aryl methyl sites for hydroxylation is 1. The highest BCUT2D eigenvalue weighted by atomic mass is 32.1. The first-order valence-corrected chi connectivity index (χ1v) is 10.4. The second-order valence-electron chi connectivity index (χ2n) is 7.54. The van der Waals surface area contributed by atoms with E-state index in [0.29, 0.717) is 16.7 Å². The van der Waals surface area contributed by atoms with Crippen LogP contribution in [0.2, 0.25) is 0 Å². The van der Waals surface area contributed by atoms with E-state index in [-0.39, 0.29) is 11.9 Å². The molecule has 1 aliphatic heterocycles. The molecule has 1 unspecified atom stereocenters. The van der Waals surface area contributed by atoms with Crippen molar-refractivity contribution in [2.75, 3.05) is 27.3 Å². The lowest BCUT2D eigenvalue weighted by molar-refractivity contribution is -0.933. The molecule has 1 aliphatic rings. The number of hydrogen-bond acceptors (Lipinski definition) is 6. The zero-order valence-electron chi connectivity index (χ0n) is 16.7. The zero-order chi connectivity index (χ0) is 19.8. The molecule has 0 radical (unpaired) electrons. The molecule has 3 aromatic rings. The van der Waals surface area contributed by atoms with E-state index in [0.717, 1.165) is 35.0 Å². The van der Waals surface area contributed by atoms with Gasteiger partial charge in [-0.3, -0.25) is 0 Å². The van der Waals surface area contributed by atoms with E-state index >= 15 is 0 Å². The first-order valence-electron chi connectivity index (χ1n) is 9.63. The minimum atomic E-state index is -0.0680. The van der Waals surface area contributed by atoms with Crippen LogP contribution in [-0.2, 0) is 0 Å². The molecule has 1 aromatic carbocycles. The monoisotopic (exact) mass is 403 g/mol. The van der Waals surface area contributed by atoms with Gasteiger partial charge in [0.25, 0.3) is 0 Å². The van der Waals surface area contributed by atoms with Gasteiger partial charge in [-0.05, 0) is 38.0 Å². The van der Waals surface area contributed by atoms with Crippen LogP contribution in [0, 0.1) is 12.8 Å². The van der Waals surface area contributed by atoms with Crippen molar-refractivity contribution in [2.45, 2.75) is 32.7 Å². The largest absolute Gasteiger partial charge is 0.497 e. The number of aromatic hydroxyl groups is 1. The van der Waals surface area contributed by atoms with Crippen LogP contribution < -0.4 is 14.4 Å². The Morgan fingerprint density at radius 2 is 2.14 bits per heavy atom. The van der Waals surface area contributed by atoms with Crippen molar-refractivity contribution >= 4 is 16.3 Å². The Labute approximate surface area is 168 Å². The van der Waals surface area contributed by atoms with Crippen LogP contribution in [0.15, 0.2) is 18.2 Å². The fourth-order valence-electron chi connectivity index (χ4n) is 4.24. The smallest absolute Gasteiger partial charge is 0.235 e. The molecule has 28 heavy (non-hydrogen) atoms. The lowest BCUT2D eigenvalue weighted by Crippen LogP contribution is -3.13. The van der Waals surface area contributed by atoms with Gasteiger partial charge in [-0.2, -0.15) is 4.52 Å². The van der Waals surface area contributed by atoms with E-state index in [4.69, 9.17) is 9.47 Å². The maximum Gasteiger partial charge on any atom is 0.235 e. The fourth-order valence-corrected chi connectivity index (χ4v) is 5.42. The summed E-state index contributed by atoms with van der Waals surface area (Å²) in [5.74, 6) is 3.03. The maximum atomic E-state index is 11.0. The normalized spacial score (nSPS) is 21.0. The van der Waals surface area contributed by atoms with Gasteiger partial charge < -0.3 is 19.5 Å². The first-order chi connectivity index (χ1) is 13.5. The van der Waals surface area contributed by atoms with Crippen LogP contribution >= 0.6 is 11.3 Å². The second kappa shape index (κ2) is 7.60. The molecule has 2 N–H and O–H groups in total. The number of piperidine rings is 1. The van der Waals surface area contributed by atoms with Crippen LogP contribution in [0.5, 0.6) is 17.4 Å². The number of likely N-dealkylation sites (tertiary alicyclic amines) is 1. The average molecular weight is 404 g/mol. The summed E-state index contributed by atoms with van der Waals surface area (Å²) in [5.41, 5.74) is 1.02. The maximum absolute atomic E-state index is 11.0. The molecular formula is C20H27N4O3S+. The number of aromatic nitrogens is 3. The van der Waals surface area contributed by atoms with Gasteiger partial charge in [0, 0.05) is 5.92 Å². The molecule has 2 aromatic heterocycles. The number of rotatable bonds is 5. The lowest BCUT2D eigenvalue weighted by Gasteiger charge is -2.34. The number of ether oxygens (including phenoxy) is 2. The molecule has 8 heteroatoms. The van der Waals surface area contributed by atoms with Crippen molar-refractivity contribution in [2.24, 2.45) is 5.92 Å². The van der Waals surface area contributed by atoms with Gasteiger partial charge in [0.15, 0.2) is 6.04 Å². The predicted octanol–water partition coefficient (Wildman–Crippen LogP) is 2.23. The minimum absolute atomic E-state index is 0.0680. The zero-order valence-corrected chi connectivity index (χ0v) is 17.5. The van der Waals surface area contributed by atoms with E-state index < -0.39 is 0 Å². The highest BCUT2D eigenvalue weighted by Crippen LogP contribution is 2.39. The Morgan fingerprint density at radius 3 is 2.82 bits per heavy atom. The van der Waals surface area contributed by atoms with Crippen molar-refractivity contribution in [3.63, 3.8) is 0 Å². The van der Waals surface area contributed by atoms with Gasteiger partial charge in [-0.1, -0.05) is 18.3 Å². The number of benzene rings is 1. The third-order valence-electron chi connectivity index (χ3n) is 5.53. The number of quaternary nitrogens is 1. The number of methoxy groups -OCH3 is 2. The summed E-state index contributed by atoms with van der Waals surface area (Å²) in [6, 6.07) is 5.80. The van der Waals surface area contributed by atoms with E-state index in [1.54, 1.807) is 18.7 Å². The summed E-state index contributed by atoms with van der Waals surface area (Å²) in [6.45, 7) is 6.21. The van der Waals surface area contributed by atoms with Crippen LogP contribution in [0.25, 0.3) is 4.96 Å². The first kappa shape index (κ1) is 19.0. The van der Waals surface area contributed by atoms with Gasteiger partial charge in [0.05, 0.1) is 32.9 Å². The Bertz CT molecular complexity index is 983. The van der Waals surface area contributed by atoms with Gasteiger partial charge in [0.1, 0.15) is 22.2 Å². The van der Waals surface area contributed by atoms with Crippen LogP contribution in [0.4, 0.5) is 0 Å². The van der Waals surface area contributed by atoms with Crippen molar-refractivity contribution in [1.82, 2.24) is 14.6 Å². The summed E-state index contributed by atoms with van der Waals surface area (Å²) in [4.78, 5) is 7.45. The molecule has 4 rings (SSSR count). The van der Waals surface area contributed by atoms with E-state index in [1.807, 2.05) is 25.1 Å². The predicted molar refractivity (Wildman–Crippen MR) is 108 cm³/mol. The average Bonchev–Trinajstić information content (AvgIpc) is 3.19. The molecule has 0 aliphatic carbocycles. The van der Waals surface area contributed by atoms with Gasteiger partial charge in [-0.25, -0.2) is 4.98 Å². The number of nitrogens with one attached hydrogen (secondary N) is 1. The quantitative estimate of drug-likeness (QED) is 0.683. The second-order valence-corrected chi connectivity index (χ2v) is 8.55. The lowest BCUT2D eigenvalue weighted by atomic mass is 9.95. The molecule has 150 valence electrons. The SMILES string of the molecule is COc1ccc(OC)c([C@H](c2sc3nc(C)nn3c2O)[NH+]2CCC[C@H](C)C2)c1. The van der Waals surface area contributed by atoms with E-state index in [1.165, 1.54) is 29.1 Å².